The van der Waals surface area contributed by atoms with E-state index >= 15 is 0 Å². The Morgan fingerprint density at radius 3 is 2.82 bits per heavy atom. The first kappa shape index (κ1) is 13.7. The lowest BCUT2D eigenvalue weighted by atomic mass is 10.1. The second-order valence-corrected chi connectivity index (χ2v) is 4.38. The van der Waals surface area contributed by atoms with Crippen molar-refractivity contribution in [3.05, 3.63) is 17.5 Å². The number of hydrogen-bond donors (Lipinski definition) is 1. The highest BCUT2D eigenvalue weighted by molar-refractivity contribution is 5.26. The fraction of sp³-hybridized carbons (Fsp3) is 0.667. The van der Waals surface area contributed by atoms with Crippen LogP contribution in [0.1, 0.15) is 24.2 Å². The molecule has 1 aromatic heterocycles. The van der Waals surface area contributed by atoms with Gasteiger partial charge >= 0.3 is 0 Å². The lowest BCUT2D eigenvalue weighted by Gasteiger charge is -2.14. The molecule has 1 rings (SSSR count). The Bertz CT molecular complexity index is 388. The van der Waals surface area contributed by atoms with E-state index in [4.69, 9.17) is 0 Å². The van der Waals surface area contributed by atoms with Crippen LogP contribution in [0.4, 0.5) is 0 Å². The molecule has 1 N–H and O–H groups in total. The van der Waals surface area contributed by atoms with Gasteiger partial charge in [0, 0.05) is 31.9 Å². The van der Waals surface area contributed by atoms with Crippen LogP contribution in [0.3, 0.4) is 0 Å². The molecule has 1 heterocycles. The summed E-state index contributed by atoms with van der Waals surface area (Å²) in [7, 11) is 5.92. The Morgan fingerprint density at radius 1 is 1.59 bits per heavy atom. The average Bonchev–Trinajstić information content (AvgIpc) is 2.65. The molecule has 0 aliphatic carbocycles. The van der Waals surface area contributed by atoms with Gasteiger partial charge in [-0.25, -0.2) is 0 Å². The van der Waals surface area contributed by atoms with Gasteiger partial charge < -0.3 is 4.90 Å². The van der Waals surface area contributed by atoms with Crippen LogP contribution >= 0.6 is 0 Å². The van der Waals surface area contributed by atoms with E-state index in [2.05, 4.69) is 28.3 Å². The van der Waals surface area contributed by atoms with Crippen molar-refractivity contribution < 1.29 is 0 Å². The van der Waals surface area contributed by atoms with Crippen molar-refractivity contribution in [2.45, 2.75) is 19.4 Å². The highest BCUT2D eigenvalue weighted by Gasteiger charge is 2.16. The molecule has 0 spiro atoms. The van der Waals surface area contributed by atoms with Gasteiger partial charge in [0.15, 0.2) is 0 Å². The number of hydrogen-bond acceptors (Lipinski definition) is 4. The molecule has 0 radical (unpaired) electrons. The SMILES string of the molecule is CCc1nn(C)cc1C(C#N)NCCN(C)C. The predicted octanol–water partition coefficient (Wildman–Crippen LogP) is 0.698. The molecule has 5 nitrogen and oxygen atoms in total. The van der Waals surface area contributed by atoms with E-state index in [1.165, 1.54) is 0 Å². The zero-order valence-electron chi connectivity index (χ0n) is 11.1. The van der Waals surface area contributed by atoms with Gasteiger partial charge in [-0.05, 0) is 20.5 Å². The Balaban J connectivity index is 2.69. The van der Waals surface area contributed by atoms with Gasteiger partial charge in [0.25, 0.3) is 0 Å². The van der Waals surface area contributed by atoms with Gasteiger partial charge in [0.1, 0.15) is 6.04 Å². The van der Waals surface area contributed by atoms with E-state index in [0.717, 1.165) is 30.8 Å². The molecule has 1 unspecified atom stereocenters. The Labute approximate surface area is 103 Å². The first-order valence-electron chi connectivity index (χ1n) is 5.88. The molecule has 0 amide bonds. The van der Waals surface area contributed by atoms with E-state index in [1.807, 2.05) is 27.3 Å². The summed E-state index contributed by atoms with van der Waals surface area (Å²) in [6, 6.07) is 2.03. The maximum absolute atomic E-state index is 9.21. The van der Waals surface area contributed by atoms with Crippen molar-refractivity contribution in [2.24, 2.45) is 7.05 Å². The number of aryl methyl sites for hydroxylation is 2. The normalized spacial score (nSPS) is 12.7. The minimum absolute atomic E-state index is 0.265. The molecule has 0 bridgehead atoms. The van der Waals surface area contributed by atoms with E-state index in [0.29, 0.717) is 0 Å². The molecule has 0 aromatic carbocycles. The van der Waals surface area contributed by atoms with Crippen molar-refractivity contribution in [2.75, 3.05) is 27.2 Å². The summed E-state index contributed by atoms with van der Waals surface area (Å²) in [5.74, 6) is 0. The minimum atomic E-state index is -0.265. The highest BCUT2D eigenvalue weighted by atomic mass is 15.3. The van der Waals surface area contributed by atoms with Gasteiger partial charge in [-0.3, -0.25) is 10.00 Å². The second-order valence-electron chi connectivity index (χ2n) is 4.38. The number of likely N-dealkylation sites (N-methyl/N-ethyl adjacent to an activating group) is 1. The third kappa shape index (κ3) is 3.84. The van der Waals surface area contributed by atoms with Crippen LogP contribution in [0.25, 0.3) is 0 Å². The number of nitrogens with one attached hydrogen (secondary N) is 1. The van der Waals surface area contributed by atoms with Crippen molar-refractivity contribution in [3.8, 4) is 6.07 Å². The van der Waals surface area contributed by atoms with Crippen LogP contribution in [-0.4, -0.2) is 41.9 Å². The molecule has 0 aliphatic heterocycles. The summed E-state index contributed by atoms with van der Waals surface area (Å²) < 4.78 is 1.77. The standard InChI is InChI=1S/C12H21N5/c1-5-11-10(9-17(4)15-11)12(8-13)14-6-7-16(2)3/h9,12,14H,5-7H2,1-4H3. The van der Waals surface area contributed by atoms with E-state index in [-0.39, 0.29) is 6.04 Å². The van der Waals surface area contributed by atoms with Crippen molar-refractivity contribution >= 4 is 0 Å². The summed E-state index contributed by atoms with van der Waals surface area (Å²) in [4.78, 5) is 2.09. The van der Waals surface area contributed by atoms with Gasteiger partial charge in [-0.15, -0.1) is 0 Å². The van der Waals surface area contributed by atoms with Crippen LogP contribution in [0.15, 0.2) is 6.20 Å². The lowest BCUT2D eigenvalue weighted by molar-refractivity contribution is 0.395. The van der Waals surface area contributed by atoms with Crippen LogP contribution in [-0.2, 0) is 13.5 Å². The van der Waals surface area contributed by atoms with Crippen molar-refractivity contribution in [3.63, 3.8) is 0 Å². The molecular weight excluding hydrogens is 214 g/mol. The summed E-state index contributed by atoms with van der Waals surface area (Å²) in [5.41, 5.74) is 1.99. The largest absolute Gasteiger partial charge is 0.308 e. The number of aromatic nitrogens is 2. The monoisotopic (exact) mass is 235 g/mol. The van der Waals surface area contributed by atoms with Gasteiger partial charge in [0.2, 0.25) is 0 Å². The van der Waals surface area contributed by atoms with Gasteiger partial charge in [-0.2, -0.15) is 10.4 Å². The second kappa shape index (κ2) is 6.38. The van der Waals surface area contributed by atoms with Crippen LogP contribution < -0.4 is 5.32 Å². The molecule has 94 valence electrons. The fourth-order valence-electron chi connectivity index (χ4n) is 1.73. The smallest absolute Gasteiger partial charge is 0.124 e. The molecular formula is C12H21N5. The Morgan fingerprint density at radius 2 is 2.29 bits per heavy atom. The number of rotatable bonds is 6. The van der Waals surface area contributed by atoms with Crippen molar-refractivity contribution in [1.29, 1.82) is 5.26 Å². The molecule has 1 atom stereocenters. The topological polar surface area (TPSA) is 56.9 Å². The molecule has 0 saturated carbocycles. The quantitative estimate of drug-likeness (QED) is 0.788. The maximum atomic E-state index is 9.21. The number of nitriles is 1. The molecule has 1 aromatic rings. The van der Waals surface area contributed by atoms with E-state index in [9.17, 15) is 5.26 Å². The molecule has 5 heteroatoms. The zero-order chi connectivity index (χ0) is 12.8. The van der Waals surface area contributed by atoms with Gasteiger partial charge in [-0.1, -0.05) is 6.92 Å². The molecule has 0 aliphatic rings. The molecule has 0 saturated heterocycles. The Hall–Kier alpha value is -1.38. The third-order valence-electron chi connectivity index (χ3n) is 2.62. The van der Waals surface area contributed by atoms with Gasteiger partial charge in [0.05, 0.1) is 11.8 Å². The van der Waals surface area contributed by atoms with Crippen LogP contribution in [0.2, 0.25) is 0 Å². The summed E-state index contributed by atoms with van der Waals surface area (Å²) >= 11 is 0. The third-order valence-corrected chi connectivity index (χ3v) is 2.62. The van der Waals surface area contributed by atoms with Crippen molar-refractivity contribution in [1.82, 2.24) is 20.0 Å². The summed E-state index contributed by atoms with van der Waals surface area (Å²) in [6.07, 6.45) is 2.78. The lowest BCUT2D eigenvalue weighted by Crippen LogP contribution is -2.29. The molecule has 17 heavy (non-hydrogen) atoms. The molecule has 0 fully saturated rings. The first-order chi connectivity index (χ1) is 8.08. The van der Waals surface area contributed by atoms with Crippen LogP contribution in [0.5, 0.6) is 0 Å². The summed E-state index contributed by atoms with van der Waals surface area (Å²) in [5, 5.41) is 16.8. The Kier molecular flexibility index (Phi) is 5.13. The summed E-state index contributed by atoms with van der Waals surface area (Å²) in [6.45, 7) is 3.77. The first-order valence-corrected chi connectivity index (χ1v) is 5.88. The highest BCUT2D eigenvalue weighted by Crippen LogP contribution is 2.16. The predicted molar refractivity (Wildman–Crippen MR) is 67.5 cm³/mol. The maximum Gasteiger partial charge on any atom is 0.124 e. The zero-order valence-corrected chi connectivity index (χ0v) is 11.1. The number of nitrogens with zero attached hydrogens (tertiary/aromatic N) is 4. The van der Waals surface area contributed by atoms with E-state index in [1.54, 1.807) is 4.68 Å². The fourth-order valence-corrected chi connectivity index (χ4v) is 1.73. The minimum Gasteiger partial charge on any atom is -0.308 e. The van der Waals surface area contributed by atoms with Crippen LogP contribution in [0, 0.1) is 11.3 Å². The van der Waals surface area contributed by atoms with E-state index < -0.39 is 0 Å². The average molecular weight is 235 g/mol.